The molecule has 9 nitrogen and oxygen atoms in total. The van der Waals surface area contributed by atoms with Crippen LogP contribution in [-0.4, -0.2) is 65.3 Å². The van der Waals surface area contributed by atoms with Crippen LogP contribution in [0.2, 0.25) is 0 Å². The van der Waals surface area contributed by atoms with E-state index in [4.69, 9.17) is 0 Å². The van der Waals surface area contributed by atoms with Gasteiger partial charge in [-0.3, -0.25) is 9.35 Å². The summed E-state index contributed by atoms with van der Waals surface area (Å²) < 4.78 is 32.8. The van der Waals surface area contributed by atoms with Crippen molar-refractivity contribution in [1.82, 2.24) is 0 Å². The SMILES string of the molecule is CC1=NN(c2ccccc2)C(=O)C1/N=N/c1c(O)cc(S(=O)(=O)O)c2ccccc12.[Cr].[NaH]. The van der Waals surface area contributed by atoms with E-state index >= 15 is 0 Å². The predicted octanol–water partition coefficient (Wildman–Crippen LogP) is 3.02. The molecule has 1 amide bonds. The normalized spacial score (nSPS) is 16.1. The molecule has 160 valence electrons. The molecular weight excluding hydrogens is 483 g/mol. The molecule has 0 saturated heterocycles. The second kappa shape index (κ2) is 10.2. The summed E-state index contributed by atoms with van der Waals surface area (Å²) in [6.07, 6.45) is 0. The van der Waals surface area contributed by atoms with Crippen molar-refractivity contribution in [1.29, 1.82) is 0 Å². The van der Waals surface area contributed by atoms with Gasteiger partial charge in [0.15, 0.2) is 6.04 Å². The molecule has 0 fully saturated rings. The van der Waals surface area contributed by atoms with E-state index in [1.807, 2.05) is 6.07 Å². The van der Waals surface area contributed by atoms with Crippen LogP contribution in [0.3, 0.4) is 0 Å². The Labute approximate surface area is 217 Å². The molecule has 3 aromatic rings. The summed E-state index contributed by atoms with van der Waals surface area (Å²) in [5.74, 6) is -0.897. The zero-order chi connectivity index (χ0) is 21.5. The number of nitrogens with zero attached hydrogens (tertiary/aromatic N) is 4. The van der Waals surface area contributed by atoms with Gasteiger partial charge in [-0.25, -0.2) is 0 Å². The van der Waals surface area contributed by atoms with E-state index in [0.29, 0.717) is 11.4 Å². The van der Waals surface area contributed by atoms with Crippen molar-refractivity contribution in [3.63, 3.8) is 0 Å². The van der Waals surface area contributed by atoms with Crippen molar-refractivity contribution in [3.05, 3.63) is 60.7 Å². The molecule has 2 N–H and O–H groups in total. The molecule has 4 rings (SSSR count). The minimum absolute atomic E-state index is 0. The first-order valence-electron chi connectivity index (χ1n) is 8.84. The molecule has 1 atom stereocenters. The number of azo groups is 1. The van der Waals surface area contributed by atoms with Crippen molar-refractivity contribution in [2.24, 2.45) is 15.3 Å². The molecule has 3 aromatic carbocycles. The number of carbonyl (C=O) groups is 1. The summed E-state index contributed by atoms with van der Waals surface area (Å²) in [4.78, 5) is 12.3. The van der Waals surface area contributed by atoms with Crippen LogP contribution < -0.4 is 5.01 Å². The van der Waals surface area contributed by atoms with Crippen LogP contribution in [0.1, 0.15) is 6.92 Å². The Bertz CT molecular complexity index is 1330. The summed E-state index contributed by atoms with van der Waals surface area (Å²) in [6, 6.07) is 15.0. The zero-order valence-corrected chi connectivity index (χ0v) is 18.2. The zero-order valence-electron chi connectivity index (χ0n) is 16.1. The quantitative estimate of drug-likeness (QED) is 0.323. The van der Waals surface area contributed by atoms with Gasteiger partial charge in [0.1, 0.15) is 16.3 Å². The van der Waals surface area contributed by atoms with Gasteiger partial charge in [-0.1, -0.05) is 42.5 Å². The average molecular weight is 500 g/mol. The molecule has 1 unspecified atom stereocenters. The first kappa shape index (κ1) is 26.2. The van der Waals surface area contributed by atoms with Crippen molar-refractivity contribution >= 4 is 73.4 Å². The number of fused-ring (bicyclic) bond motifs is 1. The Hall–Kier alpha value is -2.10. The first-order valence-corrected chi connectivity index (χ1v) is 10.3. The predicted molar refractivity (Wildman–Crippen MR) is 118 cm³/mol. The number of phenolic OH excluding ortho intramolecular Hbond substituents is 1. The number of hydrogen-bond donors (Lipinski definition) is 2. The second-order valence-corrected chi connectivity index (χ2v) is 8.00. The van der Waals surface area contributed by atoms with Crippen LogP contribution in [-0.2, 0) is 32.3 Å². The Morgan fingerprint density at radius 2 is 1.62 bits per heavy atom. The maximum absolute atomic E-state index is 12.8. The summed E-state index contributed by atoms with van der Waals surface area (Å²) in [7, 11) is -4.57. The van der Waals surface area contributed by atoms with Crippen LogP contribution in [0.15, 0.2) is 80.9 Å². The van der Waals surface area contributed by atoms with Crippen LogP contribution in [0.25, 0.3) is 10.8 Å². The van der Waals surface area contributed by atoms with Gasteiger partial charge >= 0.3 is 29.6 Å². The number of anilines is 1. The van der Waals surface area contributed by atoms with Gasteiger partial charge in [-0.2, -0.15) is 28.8 Å². The van der Waals surface area contributed by atoms with Gasteiger partial charge in [-0.15, -0.1) is 0 Å². The van der Waals surface area contributed by atoms with E-state index in [-0.39, 0.29) is 63.4 Å². The van der Waals surface area contributed by atoms with Crippen molar-refractivity contribution < 1.29 is 40.2 Å². The summed E-state index contributed by atoms with van der Waals surface area (Å²) in [5.41, 5.74) is 0.994. The fraction of sp³-hybridized carbons (Fsp3) is 0.100. The van der Waals surface area contributed by atoms with Crippen LogP contribution in [0, 0.1) is 0 Å². The number of para-hydroxylation sites is 1. The monoisotopic (exact) mass is 500 g/mol. The number of benzene rings is 3. The number of hydrazone groups is 1. The minimum atomic E-state index is -4.57. The number of rotatable bonds is 4. The van der Waals surface area contributed by atoms with E-state index in [1.165, 1.54) is 17.1 Å². The molecule has 1 aliphatic heterocycles. The molecular formula is C20H17CrN4NaO5S. The summed E-state index contributed by atoms with van der Waals surface area (Å²) >= 11 is 0. The third-order valence-corrected chi connectivity index (χ3v) is 5.50. The topological polar surface area (TPSA) is 132 Å². The number of phenols is 1. The molecule has 1 heterocycles. The fourth-order valence-corrected chi connectivity index (χ4v) is 3.91. The van der Waals surface area contributed by atoms with Gasteiger partial charge in [0.25, 0.3) is 16.0 Å². The summed E-state index contributed by atoms with van der Waals surface area (Å²) in [5, 5.41) is 24.3. The summed E-state index contributed by atoms with van der Waals surface area (Å²) in [6.45, 7) is 1.64. The Kier molecular flexibility index (Phi) is 8.36. The van der Waals surface area contributed by atoms with Crippen molar-refractivity contribution in [2.75, 3.05) is 5.01 Å². The molecule has 32 heavy (non-hydrogen) atoms. The Morgan fingerprint density at radius 1 is 1.03 bits per heavy atom. The Balaban J connectivity index is 0.00000181. The molecule has 0 aliphatic carbocycles. The first-order chi connectivity index (χ1) is 14.3. The average Bonchev–Trinajstić information content (AvgIpc) is 3.00. The van der Waals surface area contributed by atoms with E-state index < -0.39 is 32.7 Å². The van der Waals surface area contributed by atoms with Gasteiger partial charge in [0, 0.05) is 34.2 Å². The molecule has 0 saturated carbocycles. The van der Waals surface area contributed by atoms with Crippen LogP contribution in [0.5, 0.6) is 5.75 Å². The Morgan fingerprint density at radius 3 is 2.25 bits per heavy atom. The van der Waals surface area contributed by atoms with E-state index in [2.05, 4.69) is 15.3 Å². The van der Waals surface area contributed by atoms with Gasteiger partial charge in [-0.05, 0) is 19.1 Å². The molecule has 0 spiro atoms. The van der Waals surface area contributed by atoms with Crippen LogP contribution >= 0.6 is 0 Å². The van der Waals surface area contributed by atoms with Gasteiger partial charge in [0.2, 0.25) is 0 Å². The maximum atomic E-state index is 12.8. The van der Waals surface area contributed by atoms with Crippen molar-refractivity contribution in [3.8, 4) is 5.75 Å². The third-order valence-electron chi connectivity index (χ3n) is 4.61. The number of hydrogen-bond acceptors (Lipinski definition) is 7. The number of aromatic hydroxyl groups is 1. The standard InChI is InChI=1S/C20H16N4O5S.Cr.Na.H/c1-12-18(20(26)24(23-12)13-7-3-2-4-8-13)21-22-19-15-10-6-5-9-14(15)17(11-16(19)25)30(27,28)29;;;/h2-11,18,25H,1H3,(H,27,28,29);;;/b22-21+;;;. The third kappa shape index (κ3) is 4.95. The van der Waals surface area contributed by atoms with E-state index in [0.717, 1.165) is 6.07 Å². The fourth-order valence-electron chi connectivity index (χ4n) is 3.19. The van der Waals surface area contributed by atoms with Crippen LogP contribution in [0.4, 0.5) is 11.4 Å². The molecule has 1 aliphatic rings. The second-order valence-electron chi connectivity index (χ2n) is 6.61. The number of carbonyl (C=O) groups excluding carboxylic acids is 1. The molecule has 12 heteroatoms. The van der Waals surface area contributed by atoms with Gasteiger partial charge < -0.3 is 5.11 Å². The molecule has 0 aromatic heterocycles. The van der Waals surface area contributed by atoms with E-state index in [9.17, 15) is 22.9 Å². The molecule has 0 bridgehead atoms. The van der Waals surface area contributed by atoms with Gasteiger partial charge in [0.05, 0.1) is 11.4 Å². The number of amides is 1. The van der Waals surface area contributed by atoms with Crippen molar-refractivity contribution in [2.45, 2.75) is 17.9 Å². The van der Waals surface area contributed by atoms with E-state index in [1.54, 1.807) is 43.3 Å². The molecule has 0 radical (unpaired) electrons.